The van der Waals surface area contributed by atoms with Crippen LogP contribution in [0.3, 0.4) is 0 Å². The molecule has 0 unspecified atom stereocenters. The van der Waals surface area contributed by atoms with E-state index in [-0.39, 0.29) is 17.0 Å². The number of aryl methyl sites for hydroxylation is 1. The first-order chi connectivity index (χ1) is 16.1. The molecule has 0 saturated carbocycles. The fraction of sp³-hybridized carbons (Fsp3) is 0.0357. The van der Waals surface area contributed by atoms with Crippen molar-refractivity contribution >= 4 is 44.5 Å². The van der Waals surface area contributed by atoms with Crippen LogP contribution < -0.4 is 5.32 Å². The molecule has 0 atom stereocenters. The average Bonchev–Trinajstić information content (AvgIpc) is 2.84. The molecule has 5 aromatic rings. The molecule has 0 spiro atoms. The van der Waals surface area contributed by atoms with E-state index in [0.717, 1.165) is 21.7 Å². The molecule has 1 amide bonds. The molecule has 5 heteroatoms. The van der Waals surface area contributed by atoms with E-state index in [9.17, 15) is 9.90 Å². The molecule has 160 valence electrons. The Kier molecular flexibility index (Phi) is 5.29. The van der Waals surface area contributed by atoms with Crippen LogP contribution in [0.5, 0.6) is 5.75 Å². The van der Waals surface area contributed by atoms with Crippen LogP contribution in [0.1, 0.15) is 15.9 Å². The fourth-order valence-corrected chi connectivity index (χ4v) is 3.77. The largest absolute Gasteiger partial charge is 0.505 e. The van der Waals surface area contributed by atoms with Gasteiger partial charge in [0.25, 0.3) is 5.91 Å². The van der Waals surface area contributed by atoms with Gasteiger partial charge >= 0.3 is 0 Å². The first-order valence-electron chi connectivity index (χ1n) is 10.6. The number of fused-ring (bicyclic) bond motifs is 2. The van der Waals surface area contributed by atoms with Gasteiger partial charge in [-0.25, -0.2) is 0 Å². The highest BCUT2D eigenvalue weighted by atomic mass is 16.3. The fourth-order valence-electron chi connectivity index (χ4n) is 3.77. The highest BCUT2D eigenvalue weighted by Gasteiger charge is 2.18. The van der Waals surface area contributed by atoms with Gasteiger partial charge < -0.3 is 10.4 Å². The number of hydrogen-bond acceptors (Lipinski definition) is 4. The van der Waals surface area contributed by atoms with Gasteiger partial charge in [0, 0.05) is 11.1 Å². The molecule has 0 aromatic heterocycles. The summed E-state index contributed by atoms with van der Waals surface area (Å²) in [6.45, 7) is 1.98. The van der Waals surface area contributed by atoms with E-state index in [4.69, 9.17) is 0 Å². The van der Waals surface area contributed by atoms with Crippen LogP contribution in [0.15, 0.2) is 107 Å². The van der Waals surface area contributed by atoms with Crippen molar-refractivity contribution in [2.75, 3.05) is 5.32 Å². The predicted octanol–water partition coefficient (Wildman–Crippen LogP) is 7.67. The summed E-state index contributed by atoms with van der Waals surface area (Å²) in [5.41, 5.74) is 2.80. The third-order valence-corrected chi connectivity index (χ3v) is 5.55. The standard InChI is InChI=1S/C28H21N3O2/c1-18-10-13-22(14-11-18)29-28(33)25-17-21-8-4-5-9-24(21)26(27(25)32)31-30-23-15-12-19-6-2-3-7-20(19)16-23/h2-17,32H,1H3,(H,29,33). The van der Waals surface area contributed by atoms with Crippen molar-refractivity contribution in [3.63, 3.8) is 0 Å². The Morgan fingerprint density at radius 1 is 0.758 bits per heavy atom. The molecule has 0 bridgehead atoms. The molecular weight excluding hydrogens is 410 g/mol. The van der Waals surface area contributed by atoms with E-state index in [1.807, 2.05) is 97.9 Å². The lowest BCUT2D eigenvalue weighted by molar-refractivity contribution is 0.102. The van der Waals surface area contributed by atoms with Crippen LogP contribution in [0, 0.1) is 6.92 Å². The average molecular weight is 431 g/mol. The third kappa shape index (κ3) is 4.16. The van der Waals surface area contributed by atoms with Crippen molar-refractivity contribution in [1.82, 2.24) is 0 Å². The number of aromatic hydroxyl groups is 1. The Bertz CT molecular complexity index is 1520. The normalized spacial score (nSPS) is 11.3. The highest BCUT2D eigenvalue weighted by molar-refractivity contribution is 6.11. The molecule has 5 aromatic carbocycles. The summed E-state index contributed by atoms with van der Waals surface area (Å²) in [5.74, 6) is -0.618. The quantitative estimate of drug-likeness (QED) is 0.286. The predicted molar refractivity (Wildman–Crippen MR) is 133 cm³/mol. The van der Waals surface area contributed by atoms with E-state index in [1.54, 1.807) is 6.07 Å². The Balaban J connectivity index is 1.55. The minimum Gasteiger partial charge on any atom is -0.505 e. The summed E-state index contributed by atoms with van der Waals surface area (Å²) >= 11 is 0. The minimum absolute atomic E-state index is 0.140. The van der Waals surface area contributed by atoms with Crippen molar-refractivity contribution in [1.29, 1.82) is 0 Å². The lowest BCUT2D eigenvalue weighted by atomic mass is 10.0. The van der Waals surface area contributed by atoms with E-state index in [2.05, 4.69) is 15.5 Å². The number of azo groups is 1. The number of rotatable bonds is 4. The van der Waals surface area contributed by atoms with Gasteiger partial charge in [0.05, 0.1) is 11.3 Å². The first-order valence-corrected chi connectivity index (χ1v) is 10.6. The maximum atomic E-state index is 13.0. The van der Waals surface area contributed by atoms with E-state index in [0.29, 0.717) is 16.8 Å². The summed E-state index contributed by atoms with van der Waals surface area (Å²) in [6.07, 6.45) is 0. The van der Waals surface area contributed by atoms with Gasteiger partial charge in [-0.1, -0.05) is 72.3 Å². The first kappa shape index (κ1) is 20.4. The molecular formula is C28H21N3O2. The zero-order chi connectivity index (χ0) is 22.8. The number of phenolic OH excluding ortho intramolecular Hbond substituents is 1. The number of amides is 1. The van der Waals surface area contributed by atoms with Crippen LogP contribution in [0.2, 0.25) is 0 Å². The summed E-state index contributed by atoms with van der Waals surface area (Å²) < 4.78 is 0. The number of nitrogens with one attached hydrogen (secondary N) is 1. The van der Waals surface area contributed by atoms with Crippen LogP contribution in [-0.2, 0) is 0 Å². The number of hydrogen-bond donors (Lipinski definition) is 2. The van der Waals surface area contributed by atoms with Crippen molar-refractivity contribution in [2.24, 2.45) is 10.2 Å². The van der Waals surface area contributed by atoms with Crippen LogP contribution in [0.4, 0.5) is 17.1 Å². The lowest BCUT2D eigenvalue weighted by Crippen LogP contribution is -2.12. The van der Waals surface area contributed by atoms with Gasteiger partial charge in [0.1, 0.15) is 5.69 Å². The summed E-state index contributed by atoms with van der Waals surface area (Å²) in [6, 6.07) is 30.4. The number of benzene rings is 5. The summed E-state index contributed by atoms with van der Waals surface area (Å²) in [5, 5.41) is 26.3. The van der Waals surface area contributed by atoms with Crippen molar-refractivity contribution in [3.05, 3.63) is 108 Å². The Hall–Kier alpha value is -4.51. The molecule has 0 radical (unpaired) electrons. The number of carbonyl (C=O) groups excluding carboxylic acids is 1. The molecule has 0 fully saturated rings. The van der Waals surface area contributed by atoms with Gasteiger partial charge in [-0.15, -0.1) is 5.11 Å². The second-order valence-electron chi connectivity index (χ2n) is 7.89. The molecule has 0 aliphatic heterocycles. The van der Waals surface area contributed by atoms with E-state index >= 15 is 0 Å². The molecule has 0 saturated heterocycles. The van der Waals surface area contributed by atoms with Crippen LogP contribution >= 0.6 is 0 Å². The van der Waals surface area contributed by atoms with Crippen molar-refractivity contribution in [2.45, 2.75) is 6.92 Å². The SMILES string of the molecule is Cc1ccc(NC(=O)c2cc3ccccc3c(N=Nc3ccc4ccccc4c3)c2O)cc1. The second kappa shape index (κ2) is 8.55. The number of anilines is 1. The highest BCUT2D eigenvalue weighted by Crippen LogP contribution is 2.39. The second-order valence-corrected chi connectivity index (χ2v) is 7.89. The maximum Gasteiger partial charge on any atom is 0.259 e. The van der Waals surface area contributed by atoms with Gasteiger partial charge in [-0.05, 0) is 53.4 Å². The smallest absolute Gasteiger partial charge is 0.259 e. The van der Waals surface area contributed by atoms with E-state index in [1.165, 1.54) is 0 Å². The minimum atomic E-state index is -0.413. The zero-order valence-corrected chi connectivity index (χ0v) is 18.0. The monoisotopic (exact) mass is 431 g/mol. The molecule has 5 nitrogen and oxygen atoms in total. The van der Waals surface area contributed by atoms with Gasteiger partial charge in [-0.2, -0.15) is 5.11 Å². The van der Waals surface area contributed by atoms with Crippen molar-refractivity contribution in [3.8, 4) is 5.75 Å². The Morgan fingerprint density at radius 3 is 2.24 bits per heavy atom. The molecule has 33 heavy (non-hydrogen) atoms. The van der Waals surface area contributed by atoms with Crippen molar-refractivity contribution < 1.29 is 9.90 Å². The lowest BCUT2D eigenvalue weighted by Gasteiger charge is -2.11. The molecule has 0 heterocycles. The van der Waals surface area contributed by atoms with Gasteiger partial charge in [0.2, 0.25) is 0 Å². The topological polar surface area (TPSA) is 74.0 Å². The Morgan fingerprint density at radius 2 is 1.45 bits per heavy atom. The molecule has 0 aliphatic rings. The summed E-state index contributed by atoms with van der Waals surface area (Å²) in [4.78, 5) is 13.0. The van der Waals surface area contributed by atoms with Gasteiger partial charge in [0.15, 0.2) is 5.75 Å². The number of phenols is 1. The number of nitrogens with zero attached hydrogens (tertiary/aromatic N) is 2. The molecule has 2 N–H and O–H groups in total. The van der Waals surface area contributed by atoms with Gasteiger partial charge in [-0.3, -0.25) is 4.79 Å². The summed E-state index contributed by atoms with van der Waals surface area (Å²) in [7, 11) is 0. The molecule has 5 rings (SSSR count). The maximum absolute atomic E-state index is 13.0. The third-order valence-electron chi connectivity index (χ3n) is 5.55. The van der Waals surface area contributed by atoms with E-state index < -0.39 is 5.91 Å². The molecule has 0 aliphatic carbocycles. The van der Waals surface area contributed by atoms with Crippen LogP contribution in [-0.4, -0.2) is 11.0 Å². The van der Waals surface area contributed by atoms with Crippen LogP contribution in [0.25, 0.3) is 21.5 Å². The zero-order valence-electron chi connectivity index (χ0n) is 18.0. The Labute approximate surface area is 191 Å². The number of carbonyl (C=O) groups is 1.